The van der Waals surface area contributed by atoms with Crippen molar-refractivity contribution in [1.82, 2.24) is 5.48 Å². The largest absolute Gasteiger partial charge is 0.322 e. The van der Waals surface area contributed by atoms with Crippen LogP contribution in [0, 0.1) is 6.57 Å². The molecule has 0 aromatic heterocycles. The summed E-state index contributed by atoms with van der Waals surface area (Å²) in [4.78, 5) is 26.4. The first kappa shape index (κ1) is 14.2. The molecule has 0 radical (unpaired) electrons. The zero-order valence-corrected chi connectivity index (χ0v) is 10.8. The molecule has 104 valence electrons. The molecular weight excluding hydrogens is 270 g/mol. The van der Waals surface area contributed by atoms with E-state index in [0.717, 1.165) is 0 Å². The highest BCUT2D eigenvalue weighted by molar-refractivity contribution is 6.04. The topological polar surface area (TPSA) is 82.8 Å². The summed E-state index contributed by atoms with van der Waals surface area (Å²) in [5, 5.41) is 11.2. The van der Waals surface area contributed by atoms with Gasteiger partial charge in [-0.2, -0.15) is 0 Å². The smallest absolute Gasteiger partial charge is 0.274 e. The van der Waals surface area contributed by atoms with Gasteiger partial charge in [-0.3, -0.25) is 14.8 Å². The van der Waals surface area contributed by atoms with Gasteiger partial charge in [0.25, 0.3) is 11.8 Å². The number of anilines is 1. The van der Waals surface area contributed by atoms with Gasteiger partial charge in [-0.25, -0.2) is 10.3 Å². The van der Waals surface area contributed by atoms with Crippen molar-refractivity contribution < 1.29 is 14.8 Å². The monoisotopic (exact) mass is 281 g/mol. The molecule has 0 aliphatic rings. The van der Waals surface area contributed by atoms with Gasteiger partial charge in [0.2, 0.25) is 0 Å². The molecule has 0 saturated carbocycles. The number of benzene rings is 2. The fourth-order valence-electron chi connectivity index (χ4n) is 1.66. The Bertz CT molecular complexity index is 700. The molecule has 2 amide bonds. The van der Waals surface area contributed by atoms with Gasteiger partial charge in [0, 0.05) is 16.8 Å². The van der Waals surface area contributed by atoms with Crippen molar-refractivity contribution in [2.45, 2.75) is 0 Å². The second-order valence-electron chi connectivity index (χ2n) is 4.13. The van der Waals surface area contributed by atoms with Crippen LogP contribution in [0.1, 0.15) is 20.7 Å². The molecule has 0 saturated heterocycles. The van der Waals surface area contributed by atoms with E-state index in [1.165, 1.54) is 17.6 Å². The van der Waals surface area contributed by atoms with Crippen molar-refractivity contribution in [2.24, 2.45) is 0 Å². The van der Waals surface area contributed by atoms with Gasteiger partial charge in [0.05, 0.1) is 6.57 Å². The van der Waals surface area contributed by atoms with Crippen LogP contribution in [-0.4, -0.2) is 17.0 Å². The number of rotatable bonds is 3. The molecule has 0 unspecified atom stereocenters. The second kappa shape index (κ2) is 6.32. The zero-order valence-electron chi connectivity index (χ0n) is 10.8. The van der Waals surface area contributed by atoms with E-state index >= 15 is 0 Å². The van der Waals surface area contributed by atoms with E-state index in [2.05, 4.69) is 10.2 Å². The molecule has 2 aromatic rings. The molecule has 6 heteroatoms. The molecule has 0 fully saturated rings. The number of carbonyl (C=O) groups is 2. The highest BCUT2D eigenvalue weighted by Crippen LogP contribution is 2.15. The van der Waals surface area contributed by atoms with Gasteiger partial charge in [0.1, 0.15) is 0 Å². The minimum Gasteiger partial charge on any atom is -0.322 e. The Morgan fingerprint density at radius 1 is 0.905 bits per heavy atom. The lowest BCUT2D eigenvalue weighted by Gasteiger charge is -2.06. The Labute approximate surface area is 120 Å². The van der Waals surface area contributed by atoms with Crippen molar-refractivity contribution in [3.05, 3.63) is 71.1 Å². The molecular formula is C15H11N3O3. The zero-order chi connectivity index (χ0) is 15.2. The van der Waals surface area contributed by atoms with Crippen LogP contribution in [0.2, 0.25) is 0 Å². The summed E-state index contributed by atoms with van der Waals surface area (Å²) in [5.41, 5.74) is 3.21. The Morgan fingerprint density at radius 3 is 1.95 bits per heavy atom. The summed E-state index contributed by atoms with van der Waals surface area (Å²) in [6.45, 7) is 6.85. The summed E-state index contributed by atoms with van der Waals surface area (Å²) in [5.74, 6) is -0.937. The van der Waals surface area contributed by atoms with Crippen molar-refractivity contribution in [3.8, 4) is 0 Å². The van der Waals surface area contributed by atoms with Crippen LogP contribution in [0.5, 0.6) is 0 Å². The highest BCUT2D eigenvalue weighted by atomic mass is 16.5. The third kappa shape index (κ3) is 3.43. The summed E-state index contributed by atoms with van der Waals surface area (Å²) in [7, 11) is 0. The third-order valence-corrected chi connectivity index (χ3v) is 2.77. The molecule has 21 heavy (non-hydrogen) atoms. The summed E-state index contributed by atoms with van der Waals surface area (Å²) < 4.78 is 0. The normalized spacial score (nSPS) is 9.52. The first-order chi connectivity index (χ1) is 10.1. The molecule has 0 heterocycles. The van der Waals surface area contributed by atoms with Gasteiger partial charge in [-0.05, 0) is 24.3 Å². The standard InChI is InChI=1S/C15H11N3O3/c1-16-12-6-2-10(3-7-12)14(19)17-13-8-4-11(5-9-13)15(20)18-21/h2-9,21H,(H,17,19)(H,18,20). The van der Waals surface area contributed by atoms with E-state index in [1.54, 1.807) is 36.4 Å². The molecule has 0 aliphatic heterocycles. The van der Waals surface area contributed by atoms with E-state index in [0.29, 0.717) is 16.9 Å². The molecule has 0 aliphatic carbocycles. The fraction of sp³-hybridized carbons (Fsp3) is 0. The number of hydrogen-bond donors (Lipinski definition) is 3. The molecule has 2 aromatic carbocycles. The van der Waals surface area contributed by atoms with E-state index in [4.69, 9.17) is 11.8 Å². The van der Waals surface area contributed by atoms with Crippen LogP contribution in [0.4, 0.5) is 11.4 Å². The van der Waals surface area contributed by atoms with Gasteiger partial charge < -0.3 is 5.32 Å². The maximum absolute atomic E-state index is 12.0. The quantitative estimate of drug-likeness (QED) is 0.459. The lowest BCUT2D eigenvalue weighted by molar-refractivity contribution is 0.0706. The second-order valence-corrected chi connectivity index (χ2v) is 4.13. The van der Waals surface area contributed by atoms with Crippen LogP contribution in [0.15, 0.2) is 48.5 Å². The predicted octanol–water partition coefficient (Wildman–Crippen LogP) is 2.61. The number of nitrogens with one attached hydrogen (secondary N) is 2. The van der Waals surface area contributed by atoms with Crippen LogP contribution < -0.4 is 10.8 Å². The maximum Gasteiger partial charge on any atom is 0.274 e. The minimum atomic E-state index is -0.623. The third-order valence-electron chi connectivity index (χ3n) is 2.77. The van der Waals surface area contributed by atoms with Crippen LogP contribution in [0.25, 0.3) is 4.85 Å². The summed E-state index contributed by atoms with van der Waals surface area (Å²) in [6.07, 6.45) is 0. The van der Waals surface area contributed by atoms with Gasteiger partial charge >= 0.3 is 0 Å². The molecule has 0 bridgehead atoms. The average molecular weight is 281 g/mol. The predicted molar refractivity (Wildman–Crippen MR) is 76.4 cm³/mol. The lowest BCUT2D eigenvalue weighted by atomic mass is 10.1. The molecule has 3 N–H and O–H groups in total. The van der Waals surface area contributed by atoms with E-state index < -0.39 is 5.91 Å². The van der Waals surface area contributed by atoms with Crippen molar-refractivity contribution in [2.75, 3.05) is 5.32 Å². The van der Waals surface area contributed by atoms with E-state index in [9.17, 15) is 9.59 Å². The number of hydroxylamine groups is 1. The first-order valence-corrected chi connectivity index (χ1v) is 5.97. The Hall–Kier alpha value is -3.17. The van der Waals surface area contributed by atoms with Crippen LogP contribution >= 0.6 is 0 Å². The number of amides is 2. The van der Waals surface area contributed by atoms with Gasteiger partial charge in [0.15, 0.2) is 5.69 Å². The number of nitrogens with zero attached hydrogens (tertiary/aromatic N) is 1. The SMILES string of the molecule is [C-]#[N+]c1ccc(C(=O)Nc2ccc(C(=O)NO)cc2)cc1. The summed E-state index contributed by atoms with van der Waals surface area (Å²) in [6, 6.07) is 12.3. The lowest BCUT2D eigenvalue weighted by Crippen LogP contribution is -2.18. The Balaban J connectivity index is 2.08. The molecule has 2 rings (SSSR count). The van der Waals surface area contributed by atoms with Crippen molar-refractivity contribution >= 4 is 23.2 Å². The van der Waals surface area contributed by atoms with E-state index in [1.807, 2.05) is 0 Å². The average Bonchev–Trinajstić information content (AvgIpc) is 2.55. The maximum atomic E-state index is 12.0. The van der Waals surface area contributed by atoms with Gasteiger partial charge in [-0.15, -0.1) is 0 Å². The van der Waals surface area contributed by atoms with E-state index in [-0.39, 0.29) is 11.5 Å². The molecule has 6 nitrogen and oxygen atoms in total. The Morgan fingerprint density at radius 2 is 1.43 bits per heavy atom. The van der Waals surface area contributed by atoms with Crippen molar-refractivity contribution in [3.63, 3.8) is 0 Å². The number of hydrogen-bond acceptors (Lipinski definition) is 3. The minimum absolute atomic E-state index is 0.275. The van der Waals surface area contributed by atoms with Crippen LogP contribution in [-0.2, 0) is 0 Å². The molecule has 0 atom stereocenters. The summed E-state index contributed by atoms with van der Waals surface area (Å²) >= 11 is 0. The highest BCUT2D eigenvalue weighted by Gasteiger charge is 2.07. The first-order valence-electron chi connectivity index (χ1n) is 5.97. The number of carbonyl (C=O) groups excluding carboxylic acids is 2. The van der Waals surface area contributed by atoms with Gasteiger partial charge in [-0.1, -0.05) is 24.3 Å². The van der Waals surface area contributed by atoms with Crippen LogP contribution in [0.3, 0.4) is 0 Å². The molecule has 0 spiro atoms. The van der Waals surface area contributed by atoms with Crippen molar-refractivity contribution in [1.29, 1.82) is 0 Å². The Kier molecular flexibility index (Phi) is 4.29. The fourth-order valence-corrected chi connectivity index (χ4v) is 1.66.